The maximum Gasteiger partial charge on any atom is 0.358 e. The molecule has 1 aromatic carbocycles. The number of nitrogens with zero attached hydrogens (tertiary/aromatic N) is 2. The fraction of sp³-hybridized carbons (Fsp3) is 0.333. The molecule has 1 unspecified atom stereocenters. The smallest absolute Gasteiger partial charge is 0.358 e. The van der Waals surface area contributed by atoms with Crippen molar-refractivity contribution in [3.05, 3.63) is 42.7 Å². The molecule has 0 bridgehead atoms. The van der Waals surface area contributed by atoms with E-state index in [1.807, 2.05) is 31.1 Å². The number of benzene rings is 1. The van der Waals surface area contributed by atoms with Gasteiger partial charge >= 0.3 is 5.97 Å². The highest BCUT2D eigenvalue weighted by Crippen LogP contribution is 2.18. The van der Waals surface area contributed by atoms with Gasteiger partial charge in [-0.25, -0.2) is 4.79 Å². The monoisotopic (exact) mass is 289 g/mol. The van der Waals surface area contributed by atoms with E-state index < -0.39 is 12.0 Å². The van der Waals surface area contributed by atoms with Gasteiger partial charge in [-0.2, -0.15) is 0 Å². The first-order chi connectivity index (χ1) is 10.1. The summed E-state index contributed by atoms with van der Waals surface area (Å²) in [5.41, 5.74) is 1.34. The highest BCUT2D eigenvalue weighted by atomic mass is 16.7. The van der Waals surface area contributed by atoms with Crippen LogP contribution in [0.5, 0.6) is 5.75 Å². The zero-order chi connectivity index (χ0) is 15.2. The summed E-state index contributed by atoms with van der Waals surface area (Å²) in [6.45, 7) is 5.00. The van der Waals surface area contributed by atoms with Crippen molar-refractivity contribution in [2.75, 3.05) is 27.2 Å². The van der Waals surface area contributed by atoms with Crippen molar-refractivity contribution in [2.45, 2.75) is 6.04 Å². The Morgan fingerprint density at radius 1 is 1.52 bits per heavy atom. The summed E-state index contributed by atoms with van der Waals surface area (Å²) in [6.07, 6.45) is 1.35. The van der Waals surface area contributed by atoms with E-state index in [0.717, 1.165) is 12.1 Å². The highest BCUT2D eigenvalue weighted by Gasteiger charge is 2.33. The van der Waals surface area contributed by atoms with E-state index in [-0.39, 0.29) is 0 Å². The molecule has 1 heterocycles. The van der Waals surface area contributed by atoms with E-state index >= 15 is 0 Å². The lowest BCUT2D eigenvalue weighted by molar-refractivity contribution is -0.141. The molecule has 0 saturated carbocycles. The van der Waals surface area contributed by atoms with Gasteiger partial charge in [0.2, 0.25) is 0 Å². The van der Waals surface area contributed by atoms with E-state index in [1.165, 1.54) is 6.26 Å². The molecule has 0 aliphatic carbocycles. The Kier molecular flexibility index (Phi) is 5.08. The van der Waals surface area contributed by atoms with Gasteiger partial charge in [0.15, 0.2) is 6.04 Å². The first-order valence-electron chi connectivity index (χ1n) is 6.66. The van der Waals surface area contributed by atoms with Gasteiger partial charge in [0.25, 0.3) is 0 Å². The first kappa shape index (κ1) is 15.2. The van der Waals surface area contributed by atoms with Crippen LogP contribution in [0, 0.1) is 0 Å². The Morgan fingerprint density at radius 2 is 2.33 bits per heavy atom. The van der Waals surface area contributed by atoms with Crippen LogP contribution >= 0.6 is 0 Å². The molecular formula is C15H19N3O3. The Bertz CT molecular complexity index is 555. The van der Waals surface area contributed by atoms with Gasteiger partial charge in [0, 0.05) is 18.7 Å². The fourth-order valence-corrected chi connectivity index (χ4v) is 1.97. The van der Waals surface area contributed by atoms with Crippen molar-refractivity contribution in [1.29, 1.82) is 0 Å². The van der Waals surface area contributed by atoms with Crippen LogP contribution in [0.1, 0.15) is 5.56 Å². The van der Waals surface area contributed by atoms with Crippen molar-refractivity contribution >= 4 is 11.7 Å². The van der Waals surface area contributed by atoms with Crippen LogP contribution in [0.15, 0.2) is 42.3 Å². The molecule has 0 saturated heterocycles. The summed E-state index contributed by atoms with van der Waals surface area (Å²) in [4.78, 5) is 18.6. The van der Waals surface area contributed by atoms with E-state index in [0.29, 0.717) is 18.0 Å². The van der Waals surface area contributed by atoms with Gasteiger partial charge in [0.05, 0.1) is 6.26 Å². The summed E-state index contributed by atoms with van der Waals surface area (Å²) in [5.74, 6) is 0.246. The van der Waals surface area contributed by atoms with Crippen molar-refractivity contribution in [2.24, 2.45) is 5.16 Å². The molecule has 0 radical (unpaired) electrons. The third-order valence-corrected chi connectivity index (χ3v) is 3.00. The topological polar surface area (TPSA) is 63.2 Å². The molecular weight excluding hydrogens is 270 g/mol. The van der Waals surface area contributed by atoms with Crippen LogP contribution in [0.3, 0.4) is 0 Å². The van der Waals surface area contributed by atoms with E-state index in [9.17, 15) is 4.79 Å². The van der Waals surface area contributed by atoms with Gasteiger partial charge < -0.3 is 14.5 Å². The molecule has 6 heteroatoms. The minimum atomic E-state index is -0.552. The summed E-state index contributed by atoms with van der Waals surface area (Å²) in [7, 11) is 3.94. The van der Waals surface area contributed by atoms with E-state index in [1.54, 1.807) is 12.1 Å². The number of likely N-dealkylation sites (N-methyl/N-ethyl adjacent to an activating group) is 1. The van der Waals surface area contributed by atoms with Crippen LogP contribution in [-0.2, 0) is 9.63 Å². The third-order valence-electron chi connectivity index (χ3n) is 3.00. The van der Waals surface area contributed by atoms with Gasteiger partial charge in [-0.3, -0.25) is 5.32 Å². The first-order valence-corrected chi connectivity index (χ1v) is 6.66. The van der Waals surface area contributed by atoms with Crippen molar-refractivity contribution in [3.8, 4) is 5.75 Å². The Balaban J connectivity index is 2.11. The van der Waals surface area contributed by atoms with E-state index in [4.69, 9.17) is 9.57 Å². The second-order valence-electron chi connectivity index (χ2n) is 4.89. The standard InChI is InChI=1S/C15H19N3O3/c1-4-20-12-7-5-6-11(10-12)13-14(15(19)21-17-13)16-8-9-18(2)3/h4-7,10,14,16H,1,8-9H2,2-3H3. The number of rotatable bonds is 7. The van der Waals surface area contributed by atoms with Gasteiger partial charge in [0.1, 0.15) is 11.5 Å². The number of carbonyl (C=O) groups excluding carboxylic acids is 1. The molecule has 1 aliphatic rings. The summed E-state index contributed by atoms with van der Waals surface area (Å²) < 4.78 is 5.24. The maximum absolute atomic E-state index is 11.8. The number of ether oxygens (including phenoxy) is 1. The molecule has 2 rings (SSSR count). The number of oxime groups is 1. The van der Waals surface area contributed by atoms with Crippen LogP contribution in [0.4, 0.5) is 0 Å². The summed E-state index contributed by atoms with van der Waals surface area (Å²) >= 11 is 0. The number of hydrogen-bond acceptors (Lipinski definition) is 6. The van der Waals surface area contributed by atoms with Crippen LogP contribution < -0.4 is 10.1 Å². The second-order valence-corrected chi connectivity index (χ2v) is 4.89. The zero-order valence-electron chi connectivity index (χ0n) is 12.2. The van der Waals surface area contributed by atoms with Crippen molar-refractivity contribution in [3.63, 3.8) is 0 Å². The molecule has 0 amide bonds. The van der Waals surface area contributed by atoms with Crippen LogP contribution in [0.25, 0.3) is 0 Å². The number of carbonyl (C=O) groups is 1. The van der Waals surface area contributed by atoms with Crippen LogP contribution in [0.2, 0.25) is 0 Å². The van der Waals surface area contributed by atoms with Crippen molar-refractivity contribution in [1.82, 2.24) is 10.2 Å². The Labute approximate surface area is 124 Å². The maximum atomic E-state index is 11.8. The molecule has 1 N–H and O–H groups in total. The predicted octanol–water partition coefficient (Wildman–Crippen LogP) is 0.990. The van der Waals surface area contributed by atoms with Gasteiger partial charge in [-0.15, -0.1) is 0 Å². The predicted molar refractivity (Wildman–Crippen MR) is 80.2 cm³/mol. The summed E-state index contributed by atoms with van der Waals surface area (Å²) in [6, 6.07) is 6.73. The van der Waals surface area contributed by atoms with E-state index in [2.05, 4.69) is 17.1 Å². The number of hydrogen-bond donors (Lipinski definition) is 1. The average molecular weight is 289 g/mol. The molecule has 1 aromatic rings. The third kappa shape index (κ3) is 3.90. The highest BCUT2D eigenvalue weighted by molar-refractivity contribution is 6.17. The molecule has 0 aromatic heterocycles. The zero-order valence-corrected chi connectivity index (χ0v) is 12.2. The summed E-state index contributed by atoms with van der Waals surface area (Å²) in [5, 5.41) is 7.03. The normalized spacial score (nSPS) is 17.6. The van der Waals surface area contributed by atoms with Gasteiger partial charge in [-0.1, -0.05) is 23.9 Å². The molecule has 1 atom stereocenters. The molecule has 1 aliphatic heterocycles. The van der Waals surface area contributed by atoms with Crippen molar-refractivity contribution < 1.29 is 14.4 Å². The fourth-order valence-electron chi connectivity index (χ4n) is 1.97. The Morgan fingerprint density at radius 3 is 3.05 bits per heavy atom. The minimum absolute atomic E-state index is 0.390. The molecule has 0 fully saturated rings. The number of nitrogens with one attached hydrogen (secondary N) is 1. The van der Waals surface area contributed by atoms with Crippen LogP contribution in [-0.4, -0.2) is 49.8 Å². The Hall–Kier alpha value is -2.18. The second kappa shape index (κ2) is 7.01. The lowest BCUT2D eigenvalue weighted by Gasteiger charge is -2.14. The quantitative estimate of drug-likeness (QED) is 0.599. The average Bonchev–Trinajstić information content (AvgIpc) is 2.81. The molecule has 6 nitrogen and oxygen atoms in total. The molecule has 0 spiro atoms. The largest absolute Gasteiger partial charge is 0.466 e. The van der Waals surface area contributed by atoms with Gasteiger partial charge in [-0.05, 0) is 26.2 Å². The lowest BCUT2D eigenvalue weighted by atomic mass is 10.0. The molecule has 21 heavy (non-hydrogen) atoms. The minimum Gasteiger partial charge on any atom is -0.466 e. The molecule has 112 valence electrons. The SMILES string of the molecule is C=COc1cccc(C2=NOC(=O)C2NCCN(C)C)c1. The lowest BCUT2D eigenvalue weighted by Crippen LogP contribution is -2.43.